The highest BCUT2D eigenvalue weighted by molar-refractivity contribution is 5.81. The van der Waals surface area contributed by atoms with Gasteiger partial charge >= 0.3 is 24.0 Å². The van der Waals surface area contributed by atoms with E-state index in [-0.39, 0.29) is 44.4 Å². The number of benzene rings is 2. The van der Waals surface area contributed by atoms with Crippen LogP contribution in [0.1, 0.15) is 71.4 Å². The molecule has 14 heteroatoms. The third-order valence-corrected chi connectivity index (χ3v) is 7.27. The van der Waals surface area contributed by atoms with Gasteiger partial charge in [-0.25, -0.2) is 9.59 Å². The monoisotopic (exact) mass is 688 g/mol. The van der Waals surface area contributed by atoms with Crippen LogP contribution in [-0.4, -0.2) is 81.4 Å². The molecule has 8 N–H and O–H groups in total. The maximum absolute atomic E-state index is 12.3. The number of amides is 2. The van der Waals surface area contributed by atoms with E-state index in [1.54, 1.807) is 20.8 Å². The molecule has 1 aliphatic heterocycles. The van der Waals surface area contributed by atoms with E-state index in [9.17, 15) is 29.1 Å². The lowest BCUT2D eigenvalue weighted by Crippen LogP contribution is -2.40. The number of carboxylic acids is 2. The molecule has 5 atom stereocenters. The Morgan fingerprint density at radius 3 is 1.88 bits per heavy atom. The molecule has 0 unspecified atom stereocenters. The number of carboxylic acid groups (broad SMARTS) is 2. The minimum Gasteiger partial charge on any atom is -0.480 e. The molecular formula is C35H52N4O10. The number of carbonyl (C=O) groups is 5. The van der Waals surface area contributed by atoms with E-state index < -0.39 is 53.6 Å². The normalized spacial score (nSPS) is 17.2. The minimum atomic E-state index is -1.05. The largest absolute Gasteiger partial charge is 0.480 e. The molecule has 0 bridgehead atoms. The number of likely N-dealkylation sites (tertiary alicyclic amines) is 1. The van der Waals surface area contributed by atoms with E-state index in [0.717, 1.165) is 17.5 Å². The fourth-order valence-electron chi connectivity index (χ4n) is 4.24. The number of nitrogens with two attached hydrogens (primary N) is 3. The van der Waals surface area contributed by atoms with Crippen molar-refractivity contribution in [3.8, 4) is 0 Å². The van der Waals surface area contributed by atoms with Gasteiger partial charge in [0.15, 0.2) is 0 Å². The fourth-order valence-corrected chi connectivity index (χ4v) is 4.24. The standard InChI is InChI=1S/C20H21NO5.C9H18N2O3.C6H13NO2/c22-19(23)18-11-17(25-13-15-7-3-1-4-8-15)12-21(18)20(24)26-14-16-9-5-2-6-10-16;1-9(2,3)14-8(13)6(10)4-5-7(11)12;1-3-4(2)5(7)6(8)9/h1-10,17-18H,11-14H2,(H,22,23);6H,4-5,10H2,1-3H3,(H2,11,12);4-5H,3,7H2,1-2H3,(H,8,9)/t17-,18-;6-;4-,5-/m000/s1. The number of hydrogen-bond acceptors (Lipinski definition) is 10. The molecule has 0 saturated carbocycles. The summed E-state index contributed by atoms with van der Waals surface area (Å²) in [4.78, 5) is 57.0. The van der Waals surface area contributed by atoms with Crippen molar-refractivity contribution in [1.29, 1.82) is 0 Å². The summed E-state index contributed by atoms with van der Waals surface area (Å²) in [5, 5.41) is 17.8. The van der Waals surface area contributed by atoms with Crippen molar-refractivity contribution in [3.63, 3.8) is 0 Å². The zero-order valence-corrected chi connectivity index (χ0v) is 28.9. The lowest BCUT2D eigenvalue weighted by Gasteiger charge is -2.21. The molecule has 1 saturated heterocycles. The highest BCUT2D eigenvalue weighted by Gasteiger charge is 2.41. The first-order chi connectivity index (χ1) is 22.9. The van der Waals surface area contributed by atoms with Crippen molar-refractivity contribution < 1.29 is 48.4 Å². The second kappa shape index (κ2) is 21.4. The number of ether oxygens (including phenoxy) is 3. The average molecular weight is 689 g/mol. The number of aliphatic carboxylic acids is 2. The van der Waals surface area contributed by atoms with Gasteiger partial charge in [0, 0.05) is 12.8 Å². The Hall–Kier alpha value is -4.53. The van der Waals surface area contributed by atoms with Gasteiger partial charge in [-0.3, -0.25) is 19.3 Å². The van der Waals surface area contributed by atoms with Gasteiger partial charge in [0.25, 0.3) is 0 Å². The summed E-state index contributed by atoms with van der Waals surface area (Å²) in [7, 11) is 0. The molecule has 49 heavy (non-hydrogen) atoms. The quantitative estimate of drug-likeness (QED) is 0.190. The van der Waals surface area contributed by atoms with Crippen molar-refractivity contribution >= 4 is 29.9 Å². The SMILES string of the molecule is CC(C)(C)OC(=O)[C@@H](N)CCC(N)=O.CC[C@H](C)[C@H](N)C(=O)O.O=C(O)[C@@H]1C[C@H](OCc2ccccc2)CN1C(=O)OCc1ccccc1. The van der Waals surface area contributed by atoms with Gasteiger partial charge in [-0.05, 0) is 44.2 Å². The van der Waals surface area contributed by atoms with Crippen LogP contribution >= 0.6 is 0 Å². The molecule has 0 aliphatic carbocycles. The lowest BCUT2D eigenvalue weighted by atomic mass is 10.0. The molecule has 14 nitrogen and oxygen atoms in total. The van der Waals surface area contributed by atoms with Crippen LogP contribution in [0.2, 0.25) is 0 Å². The average Bonchev–Trinajstić information content (AvgIpc) is 3.50. The smallest absolute Gasteiger partial charge is 0.410 e. The molecule has 2 aromatic carbocycles. The van der Waals surface area contributed by atoms with Crippen LogP contribution in [0.3, 0.4) is 0 Å². The van der Waals surface area contributed by atoms with E-state index in [4.69, 9.17) is 36.5 Å². The Labute approximate surface area is 287 Å². The van der Waals surface area contributed by atoms with Crippen molar-refractivity contribution in [1.82, 2.24) is 4.90 Å². The number of carbonyl (C=O) groups excluding carboxylic acids is 3. The molecule has 2 amide bonds. The second-order valence-electron chi connectivity index (χ2n) is 12.6. The van der Waals surface area contributed by atoms with Crippen LogP contribution < -0.4 is 17.2 Å². The Bertz CT molecular complexity index is 1320. The minimum absolute atomic E-state index is 0.0718. The summed E-state index contributed by atoms with van der Waals surface area (Å²) in [6, 6.07) is 16.5. The first kappa shape index (κ1) is 42.5. The lowest BCUT2D eigenvalue weighted by molar-refractivity contribution is -0.156. The van der Waals surface area contributed by atoms with Gasteiger partial charge in [-0.15, -0.1) is 0 Å². The van der Waals surface area contributed by atoms with Gasteiger partial charge in [-0.1, -0.05) is 80.9 Å². The van der Waals surface area contributed by atoms with E-state index >= 15 is 0 Å². The molecule has 2 aromatic rings. The van der Waals surface area contributed by atoms with Crippen LogP contribution in [-0.2, 0) is 46.6 Å². The van der Waals surface area contributed by atoms with Crippen LogP contribution in [0.5, 0.6) is 0 Å². The predicted molar refractivity (Wildman–Crippen MR) is 182 cm³/mol. The zero-order valence-electron chi connectivity index (χ0n) is 28.9. The van der Waals surface area contributed by atoms with Gasteiger partial charge in [0.05, 0.1) is 19.3 Å². The molecule has 1 fully saturated rings. The van der Waals surface area contributed by atoms with Gasteiger partial charge < -0.3 is 41.6 Å². The van der Waals surface area contributed by atoms with Crippen LogP contribution in [0, 0.1) is 5.92 Å². The highest BCUT2D eigenvalue weighted by Crippen LogP contribution is 2.23. The number of rotatable bonds is 13. The van der Waals surface area contributed by atoms with Crippen LogP contribution in [0.15, 0.2) is 60.7 Å². The molecule has 3 rings (SSSR count). The molecule has 0 aromatic heterocycles. The predicted octanol–water partition coefficient (Wildman–Crippen LogP) is 3.43. The summed E-state index contributed by atoms with van der Waals surface area (Å²) in [5.74, 6) is -2.86. The Balaban J connectivity index is 0.000000438. The Kier molecular flexibility index (Phi) is 18.6. The van der Waals surface area contributed by atoms with Gasteiger partial charge in [0.2, 0.25) is 5.91 Å². The Morgan fingerprint density at radius 2 is 1.45 bits per heavy atom. The fraction of sp³-hybridized carbons (Fsp3) is 0.514. The molecule has 1 heterocycles. The number of hydrogen-bond donors (Lipinski definition) is 5. The molecule has 0 spiro atoms. The second-order valence-corrected chi connectivity index (χ2v) is 12.6. The third kappa shape index (κ3) is 17.4. The molecule has 272 valence electrons. The van der Waals surface area contributed by atoms with Gasteiger partial charge in [0.1, 0.15) is 30.3 Å². The van der Waals surface area contributed by atoms with Crippen molar-refractivity contribution in [2.24, 2.45) is 23.1 Å². The Morgan fingerprint density at radius 1 is 0.918 bits per heavy atom. The highest BCUT2D eigenvalue weighted by atomic mass is 16.6. The van der Waals surface area contributed by atoms with Crippen molar-refractivity contribution in [3.05, 3.63) is 71.8 Å². The number of primary amides is 1. The molecular weight excluding hydrogens is 636 g/mol. The number of esters is 1. The maximum Gasteiger partial charge on any atom is 0.410 e. The van der Waals surface area contributed by atoms with E-state index in [0.29, 0.717) is 6.61 Å². The number of nitrogens with zero attached hydrogens (tertiary/aromatic N) is 1. The first-order valence-electron chi connectivity index (χ1n) is 16.1. The summed E-state index contributed by atoms with van der Waals surface area (Å²) in [6.07, 6.45) is 0.424. The van der Waals surface area contributed by atoms with E-state index in [1.165, 1.54) is 4.90 Å². The van der Waals surface area contributed by atoms with Gasteiger partial charge in [-0.2, -0.15) is 0 Å². The van der Waals surface area contributed by atoms with Crippen LogP contribution in [0.4, 0.5) is 4.79 Å². The van der Waals surface area contributed by atoms with Crippen molar-refractivity contribution in [2.75, 3.05) is 6.54 Å². The van der Waals surface area contributed by atoms with Crippen LogP contribution in [0.25, 0.3) is 0 Å². The summed E-state index contributed by atoms with van der Waals surface area (Å²) in [6.45, 7) is 9.72. The zero-order chi connectivity index (χ0) is 37.1. The van der Waals surface area contributed by atoms with E-state index in [2.05, 4.69) is 0 Å². The first-order valence-corrected chi connectivity index (χ1v) is 16.1. The topological polar surface area (TPSA) is 235 Å². The molecule has 0 radical (unpaired) electrons. The summed E-state index contributed by atoms with van der Waals surface area (Å²) < 4.78 is 16.1. The summed E-state index contributed by atoms with van der Waals surface area (Å²) >= 11 is 0. The summed E-state index contributed by atoms with van der Waals surface area (Å²) in [5.41, 5.74) is 17.0. The maximum atomic E-state index is 12.3. The third-order valence-electron chi connectivity index (χ3n) is 7.27. The van der Waals surface area contributed by atoms with Crippen molar-refractivity contribution in [2.45, 2.75) is 103 Å². The van der Waals surface area contributed by atoms with E-state index in [1.807, 2.05) is 74.5 Å². The molecule has 1 aliphatic rings.